The highest BCUT2D eigenvalue weighted by atomic mass is 32.1. The molecule has 0 saturated carbocycles. The van der Waals surface area contributed by atoms with Gasteiger partial charge in [0, 0.05) is 40.6 Å². The first-order chi connectivity index (χ1) is 14.8. The summed E-state index contributed by atoms with van der Waals surface area (Å²) in [5.41, 5.74) is 2.63. The van der Waals surface area contributed by atoms with E-state index in [1.165, 1.54) is 6.07 Å². The number of rotatable bonds is 6. The number of hydrogen-bond acceptors (Lipinski definition) is 5. The number of benzene rings is 2. The molecule has 0 unspecified atom stereocenters. The highest BCUT2D eigenvalue weighted by molar-refractivity contribution is 7.81. The fourth-order valence-electron chi connectivity index (χ4n) is 3.06. The maximum atomic E-state index is 11.4. The predicted octanol–water partition coefficient (Wildman–Crippen LogP) is 4.83. The number of aliphatic hydroxyl groups is 1. The quantitative estimate of drug-likeness (QED) is 0.144. The molecule has 0 aliphatic rings. The molecule has 0 amide bonds. The lowest BCUT2D eigenvalue weighted by Gasteiger charge is -2.11. The molecule has 0 spiro atoms. The molecule has 1 aromatic heterocycles. The van der Waals surface area contributed by atoms with Gasteiger partial charge in [-0.05, 0) is 32.0 Å². The van der Waals surface area contributed by atoms with Crippen LogP contribution in [0.5, 0.6) is 5.75 Å². The number of nitro groups is 1. The number of aliphatic hydroxyl groups excluding tert-OH is 1. The first-order valence-corrected chi connectivity index (χ1v) is 9.83. The van der Waals surface area contributed by atoms with Crippen molar-refractivity contribution < 1.29 is 19.3 Å². The first-order valence-electron chi connectivity index (χ1n) is 9.42. The number of thiocarbonyl (C=S) groups is 1. The predicted molar refractivity (Wildman–Crippen MR) is 124 cm³/mol. The average molecular weight is 437 g/mol. The third-order valence-electron chi connectivity index (χ3n) is 4.65. The third-order valence-corrected chi connectivity index (χ3v) is 4.95. The lowest BCUT2D eigenvalue weighted by Crippen LogP contribution is -2.38. The number of nitrogens with zero attached hydrogens (tertiary/aromatic N) is 2. The number of pyridine rings is 1. The summed E-state index contributed by atoms with van der Waals surface area (Å²) in [5.74, 6) is 0.471. The van der Waals surface area contributed by atoms with Gasteiger partial charge in [0.05, 0.1) is 12.0 Å². The topological polar surface area (TPSA) is 88.5 Å². The van der Waals surface area contributed by atoms with Crippen molar-refractivity contribution in [3.8, 4) is 5.75 Å². The smallest absolute Gasteiger partial charge is 0.288 e. The molecule has 0 saturated heterocycles. The highest BCUT2D eigenvalue weighted by Gasteiger charge is 2.25. The van der Waals surface area contributed by atoms with E-state index in [2.05, 4.69) is 5.32 Å². The summed E-state index contributed by atoms with van der Waals surface area (Å²) in [6.45, 7) is 3.56. The minimum atomic E-state index is -0.474. The Morgan fingerprint density at radius 3 is 2.61 bits per heavy atom. The summed E-state index contributed by atoms with van der Waals surface area (Å²) < 4.78 is 6.93. The SMILES string of the molecule is COc1cccc(NC(=S)/C(=C(\O)c2ccc(C)c([N+](=O)[O-])c2)[n+]2cccc(C)c2)c1. The van der Waals surface area contributed by atoms with Crippen molar-refractivity contribution in [1.29, 1.82) is 0 Å². The van der Waals surface area contributed by atoms with E-state index >= 15 is 0 Å². The summed E-state index contributed by atoms with van der Waals surface area (Å²) in [4.78, 5) is 11.1. The van der Waals surface area contributed by atoms with Crippen molar-refractivity contribution in [2.75, 3.05) is 12.4 Å². The molecule has 0 fully saturated rings. The van der Waals surface area contributed by atoms with E-state index in [0.29, 0.717) is 22.7 Å². The van der Waals surface area contributed by atoms with Crippen LogP contribution in [0, 0.1) is 24.0 Å². The molecule has 0 atom stereocenters. The van der Waals surface area contributed by atoms with Crippen LogP contribution >= 0.6 is 12.2 Å². The summed E-state index contributed by atoms with van der Waals surface area (Å²) in [7, 11) is 1.57. The first kappa shape index (κ1) is 21.9. The Labute approximate surface area is 185 Å². The van der Waals surface area contributed by atoms with Gasteiger partial charge < -0.3 is 15.2 Å². The zero-order valence-corrected chi connectivity index (χ0v) is 18.1. The maximum Gasteiger partial charge on any atom is 0.288 e. The molecular formula is C23H22N3O4S+. The Morgan fingerprint density at radius 1 is 1.16 bits per heavy atom. The lowest BCUT2D eigenvalue weighted by atomic mass is 10.1. The van der Waals surface area contributed by atoms with E-state index in [9.17, 15) is 15.2 Å². The second kappa shape index (κ2) is 9.36. The Morgan fingerprint density at radius 2 is 1.94 bits per heavy atom. The molecule has 1 heterocycles. The fraction of sp³-hybridized carbons (Fsp3) is 0.130. The Balaban J connectivity index is 2.13. The molecule has 2 aromatic carbocycles. The normalized spacial score (nSPS) is 11.5. The van der Waals surface area contributed by atoms with Crippen LogP contribution in [-0.4, -0.2) is 22.1 Å². The number of anilines is 1. The van der Waals surface area contributed by atoms with Gasteiger partial charge in [-0.1, -0.05) is 30.4 Å². The van der Waals surface area contributed by atoms with Gasteiger partial charge in [-0.3, -0.25) is 10.1 Å². The highest BCUT2D eigenvalue weighted by Crippen LogP contribution is 2.26. The third kappa shape index (κ3) is 5.04. The van der Waals surface area contributed by atoms with E-state index in [4.69, 9.17) is 17.0 Å². The fourth-order valence-corrected chi connectivity index (χ4v) is 3.38. The molecule has 3 rings (SSSR count). The molecule has 0 aliphatic carbocycles. The minimum Gasteiger partial charge on any atom is -0.502 e. The van der Waals surface area contributed by atoms with E-state index in [0.717, 1.165) is 5.56 Å². The maximum absolute atomic E-state index is 11.4. The summed E-state index contributed by atoms with van der Waals surface area (Å²) in [6, 6.07) is 15.5. The second-order valence-corrected chi connectivity index (χ2v) is 7.34. The van der Waals surface area contributed by atoms with Gasteiger partial charge in [0.1, 0.15) is 5.75 Å². The standard InChI is InChI=1S/C23H21N3O4S/c1-15-6-5-11-25(14-15)21(23(31)24-18-7-4-8-19(13-18)30-3)22(27)17-10-9-16(2)20(12-17)26(28)29/h4-14H,1-3H3,(H-,24,27,31)/p+1. The molecule has 7 nitrogen and oxygen atoms in total. The average Bonchev–Trinajstić information content (AvgIpc) is 2.74. The number of nitro benzene ring substituents is 1. The Bertz CT molecular complexity index is 1190. The van der Waals surface area contributed by atoms with E-state index in [1.54, 1.807) is 43.0 Å². The van der Waals surface area contributed by atoms with Gasteiger partial charge in [0.15, 0.2) is 23.1 Å². The second-order valence-electron chi connectivity index (χ2n) is 6.93. The van der Waals surface area contributed by atoms with Crippen molar-refractivity contribution in [2.45, 2.75) is 13.8 Å². The Hall–Kier alpha value is -3.78. The minimum absolute atomic E-state index is 0.0793. The Kier molecular flexibility index (Phi) is 6.61. The van der Waals surface area contributed by atoms with Crippen LogP contribution < -0.4 is 14.6 Å². The summed E-state index contributed by atoms with van der Waals surface area (Å²) >= 11 is 5.62. The molecular weight excluding hydrogens is 414 g/mol. The largest absolute Gasteiger partial charge is 0.502 e. The van der Waals surface area contributed by atoms with Crippen LogP contribution in [0.1, 0.15) is 16.7 Å². The molecule has 2 N–H and O–H groups in total. The van der Waals surface area contributed by atoms with Crippen LogP contribution in [0.2, 0.25) is 0 Å². The number of aromatic nitrogens is 1. The zero-order valence-electron chi connectivity index (χ0n) is 17.3. The van der Waals surface area contributed by atoms with Crippen LogP contribution in [0.4, 0.5) is 11.4 Å². The summed E-state index contributed by atoms with van der Waals surface area (Å²) in [6.07, 6.45) is 3.56. The van der Waals surface area contributed by atoms with E-state index in [-0.39, 0.29) is 22.0 Å². The van der Waals surface area contributed by atoms with Gasteiger partial charge in [-0.25, -0.2) is 0 Å². The molecule has 31 heavy (non-hydrogen) atoms. The van der Waals surface area contributed by atoms with Crippen molar-refractivity contribution in [3.05, 3.63) is 93.8 Å². The van der Waals surface area contributed by atoms with Crippen LogP contribution in [-0.2, 0) is 0 Å². The van der Waals surface area contributed by atoms with Crippen LogP contribution in [0.3, 0.4) is 0 Å². The van der Waals surface area contributed by atoms with Gasteiger partial charge >= 0.3 is 0 Å². The van der Waals surface area contributed by atoms with Gasteiger partial charge in [-0.2, -0.15) is 4.57 Å². The van der Waals surface area contributed by atoms with Gasteiger partial charge in [0.2, 0.25) is 0 Å². The lowest BCUT2D eigenvalue weighted by molar-refractivity contribution is -0.576. The van der Waals surface area contributed by atoms with Crippen molar-refractivity contribution >= 4 is 40.0 Å². The number of aryl methyl sites for hydroxylation is 2. The monoisotopic (exact) mass is 436 g/mol. The number of ether oxygens (including phenoxy) is 1. The molecule has 0 radical (unpaired) electrons. The summed E-state index contributed by atoms with van der Waals surface area (Å²) in [5, 5.41) is 25.6. The van der Waals surface area contributed by atoms with Gasteiger partial charge in [0.25, 0.3) is 11.4 Å². The molecule has 8 heteroatoms. The molecule has 3 aromatic rings. The number of nitrogens with one attached hydrogen (secondary N) is 1. The number of methoxy groups -OCH3 is 1. The van der Waals surface area contributed by atoms with E-state index in [1.807, 2.05) is 43.5 Å². The van der Waals surface area contributed by atoms with Crippen molar-refractivity contribution in [2.24, 2.45) is 0 Å². The van der Waals surface area contributed by atoms with Crippen LogP contribution in [0.15, 0.2) is 67.0 Å². The van der Waals surface area contributed by atoms with Crippen molar-refractivity contribution in [1.82, 2.24) is 0 Å². The molecule has 0 bridgehead atoms. The molecule has 0 aliphatic heterocycles. The van der Waals surface area contributed by atoms with Crippen LogP contribution in [0.25, 0.3) is 11.5 Å². The van der Waals surface area contributed by atoms with E-state index < -0.39 is 4.92 Å². The zero-order chi connectivity index (χ0) is 22.5. The number of hydrogen-bond donors (Lipinski definition) is 2. The molecule has 158 valence electrons. The van der Waals surface area contributed by atoms with Gasteiger partial charge in [-0.15, -0.1) is 0 Å². The van der Waals surface area contributed by atoms with Crippen molar-refractivity contribution in [3.63, 3.8) is 0 Å².